The summed E-state index contributed by atoms with van der Waals surface area (Å²) in [6.07, 6.45) is 7.96. The summed E-state index contributed by atoms with van der Waals surface area (Å²) in [4.78, 5) is 12.2. The molecule has 0 amide bonds. The molecule has 0 radical (unpaired) electrons. The highest BCUT2D eigenvalue weighted by molar-refractivity contribution is 7.93. The molecule has 9 heteroatoms. The van der Waals surface area contributed by atoms with Crippen LogP contribution in [-0.4, -0.2) is 23.4 Å². The van der Waals surface area contributed by atoms with Crippen LogP contribution in [0.25, 0.3) is 11.4 Å². The molecule has 170 valence electrons. The van der Waals surface area contributed by atoms with Crippen LogP contribution < -0.4 is 4.72 Å². The highest BCUT2D eigenvalue weighted by atomic mass is 35.5. The third-order valence-electron chi connectivity index (χ3n) is 6.20. The van der Waals surface area contributed by atoms with Gasteiger partial charge in [0, 0.05) is 40.0 Å². The van der Waals surface area contributed by atoms with Gasteiger partial charge in [0.1, 0.15) is 5.82 Å². The number of aromatic amines is 1. The van der Waals surface area contributed by atoms with Crippen LogP contribution in [0, 0.1) is 0 Å². The minimum atomic E-state index is -3.66. The van der Waals surface area contributed by atoms with Crippen molar-refractivity contribution in [1.82, 2.24) is 15.0 Å². The molecule has 0 aliphatic heterocycles. The summed E-state index contributed by atoms with van der Waals surface area (Å²) in [5.74, 6) is 1.78. The van der Waals surface area contributed by atoms with Crippen LogP contribution in [0.2, 0.25) is 5.02 Å². The van der Waals surface area contributed by atoms with E-state index >= 15 is 0 Å². The van der Waals surface area contributed by atoms with Crippen molar-refractivity contribution in [3.63, 3.8) is 0 Å². The Kier molecular flexibility index (Phi) is 6.23. The molecule has 2 heterocycles. The van der Waals surface area contributed by atoms with Crippen LogP contribution in [-0.2, 0) is 10.0 Å². The van der Waals surface area contributed by atoms with Crippen molar-refractivity contribution >= 4 is 38.1 Å². The average Bonchev–Trinajstić information content (AvgIpc) is 3.52. The van der Waals surface area contributed by atoms with Crippen molar-refractivity contribution in [3.8, 4) is 11.4 Å². The van der Waals surface area contributed by atoms with Crippen LogP contribution in [0.15, 0.2) is 71.2 Å². The number of imidazole rings is 1. The lowest BCUT2D eigenvalue weighted by atomic mass is 9.78. The Balaban J connectivity index is 1.24. The lowest BCUT2D eigenvalue weighted by Crippen LogP contribution is -2.12. The van der Waals surface area contributed by atoms with Gasteiger partial charge in [0.15, 0.2) is 5.13 Å². The lowest BCUT2D eigenvalue weighted by Gasteiger charge is -2.28. The Morgan fingerprint density at radius 1 is 0.939 bits per heavy atom. The summed E-state index contributed by atoms with van der Waals surface area (Å²) in [7, 11) is -3.66. The molecular formula is C24H23ClN4O2S2. The summed E-state index contributed by atoms with van der Waals surface area (Å²) in [5.41, 5.74) is 3.36. The largest absolute Gasteiger partial charge is 0.342 e. The second kappa shape index (κ2) is 9.29. The van der Waals surface area contributed by atoms with Crippen molar-refractivity contribution in [2.75, 3.05) is 4.72 Å². The smallest absolute Gasteiger partial charge is 0.263 e. The van der Waals surface area contributed by atoms with Gasteiger partial charge in [0.2, 0.25) is 0 Å². The van der Waals surface area contributed by atoms with Gasteiger partial charge in [-0.15, -0.1) is 11.3 Å². The van der Waals surface area contributed by atoms with E-state index < -0.39 is 10.0 Å². The van der Waals surface area contributed by atoms with Crippen LogP contribution >= 0.6 is 22.9 Å². The van der Waals surface area contributed by atoms with E-state index in [-0.39, 0.29) is 4.90 Å². The molecule has 1 aliphatic carbocycles. The van der Waals surface area contributed by atoms with E-state index in [2.05, 4.69) is 31.8 Å². The zero-order valence-electron chi connectivity index (χ0n) is 17.7. The summed E-state index contributed by atoms with van der Waals surface area (Å²) >= 11 is 7.26. The minimum Gasteiger partial charge on any atom is -0.342 e. The topological polar surface area (TPSA) is 87.7 Å². The van der Waals surface area contributed by atoms with Crippen LogP contribution in [0.5, 0.6) is 0 Å². The lowest BCUT2D eigenvalue weighted by molar-refractivity contribution is 0.392. The predicted molar refractivity (Wildman–Crippen MR) is 132 cm³/mol. The van der Waals surface area contributed by atoms with E-state index in [4.69, 9.17) is 11.6 Å². The second-order valence-corrected chi connectivity index (χ2v) is 11.3. The molecule has 2 N–H and O–H groups in total. The van der Waals surface area contributed by atoms with Gasteiger partial charge in [-0.1, -0.05) is 23.7 Å². The van der Waals surface area contributed by atoms with Gasteiger partial charge in [0.25, 0.3) is 10.0 Å². The third kappa shape index (κ3) is 4.98. The predicted octanol–water partition coefficient (Wildman–Crippen LogP) is 6.43. The quantitative estimate of drug-likeness (QED) is 0.320. The van der Waals surface area contributed by atoms with Gasteiger partial charge in [-0.3, -0.25) is 4.72 Å². The fraction of sp³-hybridized carbons (Fsp3) is 0.250. The van der Waals surface area contributed by atoms with E-state index in [1.165, 1.54) is 16.9 Å². The van der Waals surface area contributed by atoms with E-state index in [1.54, 1.807) is 35.8 Å². The van der Waals surface area contributed by atoms with Crippen molar-refractivity contribution in [1.29, 1.82) is 0 Å². The number of sulfonamides is 1. The van der Waals surface area contributed by atoms with Crippen LogP contribution in [0.1, 0.15) is 48.8 Å². The Morgan fingerprint density at radius 2 is 1.64 bits per heavy atom. The summed E-state index contributed by atoms with van der Waals surface area (Å²) in [6, 6.07) is 14.9. The number of benzene rings is 2. The Labute approximate surface area is 202 Å². The van der Waals surface area contributed by atoms with E-state index in [1.807, 2.05) is 18.3 Å². The first-order chi connectivity index (χ1) is 16.0. The standard InChI is InChI=1S/C24H23ClN4O2S2/c25-20-9-5-17(6-10-20)16-1-3-18(4-2-16)22-15-27-23(28-22)19-7-11-21(12-8-19)33(30,31)29-24-26-13-14-32-24/h5-16,18H,1-4H2,(H,26,29)(H,27,28). The van der Waals surface area contributed by atoms with Crippen molar-refractivity contribution in [2.24, 2.45) is 0 Å². The fourth-order valence-corrected chi connectivity index (χ4v) is 6.32. The first-order valence-corrected chi connectivity index (χ1v) is 13.5. The number of thiazole rings is 1. The highest BCUT2D eigenvalue weighted by Crippen LogP contribution is 2.40. The van der Waals surface area contributed by atoms with E-state index in [0.717, 1.165) is 47.8 Å². The minimum absolute atomic E-state index is 0.189. The van der Waals surface area contributed by atoms with Gasteiger partial charge in [-0.2, -0.15) is 0 Å². The number of rotatable bonds is 6. The zero-order valence-corrected chi connectivity index (χ0v) is 20.1. The first-order valence-electron chi connectivity index (χ1n) is 10.8. The molecule has 0 atom stereocenters. The molecule has 5 rings (SSSR count). The maximum Gasteiger partial charge on any atom is 0.263 e. The monoisotopic (exact) mass is 498 g/mol. The third-order valence-corrected chi connectivity index (χ3v) is 8.62. The summed E-state index contributed by atoms with van der Waals surface area (Å²) < 4.78 is 27.5. The molecule has 6 nitrogen and oxygen atoms in total. The molecule has 2 aromatic carbocycles. The molecule has 1 saturated carbocycles. The molecule has 1 aliphatic rings. The second-order valence-electron chi connectivity index (χ2n) is 8.25. The van der Waals surface area contributed by atoms with Gasteiger partial charge < -0.3 is 4.98 Å². The first kappa shape index (κ1) is 22.1. The number of anilines is 1. The van der Waals surface area contributed by atoms with Crippen LogP contribution in [0.4, 0.5) is 5.13 Å². The van der Waals surface area contributed by atoms with E-state index in [9.17, 15) is 8.42 Å². The molecule has 0 saturated heterocycles. The van der Waals surface area contributed by atoms with Crippen molar-refractivity contribution < 1.29 is 8.42 Å². The SMILES string of the molecule is O=S(=O)(Nc1nccs1)c1ccc(-c2ncc(C3CCC(c4ccc(Cl)cc4)CC3)[nH]2)cc1. The number of H-pyrrole nitrogens is 1. The number of hydrogen-bond donors (Lipinski definition) is 2. The number of nitrogens with zero attached hydrogens (tertiary/aromatic N) is 2. The molecular weight excluding hydrogens is 476 g/mol. The Bertz CT molecular complexity index is 1310. The van der Waals surface area contributed by atoms with Crippen molar-refractivity contribution in [3.05, 3.63) is 82.6 Å². The van der Waals surface area contributed by atoms with Gasteiger partial charge >= 0.3 is 0 Å². The normalized spacial score (nSPS) is 18.8. The number of halogens is 1. The van der Waals surface area contributed by atoms with Crippen molar-refractivity contribution in [2.45, 2.75) is 42.4 Å². The number of hydrogen-bond acceptors (Lipinski definition) is 5. The number of aromatic nitrogens is 3. The van der Waals surface area contributed by atoms with Gasteiger partial charge in [-0.25, -0.2) is 18.4 Å². The van der Waals surface area contributed by atoms with Gasteiger partial charge in [0.05, 0.1) is 4.90 Å². The van der Waals surface area contributed by atoms with E-state index in [0.29, 0.717) is 17.0 Å². The maximum absolute atomic E-state index is 12.5. The summed E-state index contributed by atoms with van der Waals surface area (Å²) in [6.45, 7) is 0. The Morgan fingerprint density at radius 3 is 2.30 bits per heavy atom. The fourth-order valence-electron chi connectivity index (χ4n) is 4.40. The molecule has 0 spiro atoms. The maximum atomic E-state index is 12.5. The van der Waals surface area contributed by atoms with Crippen LogP contribution in [0.3, 0.4) is 0 Å². The molecule has 0 unspecified atom stereocenters. The highest BCUT2D eigenvalue weighted by Gasteiger charge is 2.25. The average molecular weight is 499 g/mol. The summed E-state index contributed by atoms with van der Waals surface area (Å²) in [5, 5.41) is 2.85. The molecule has 4 aromatic rings. The molecule has 2 aromatic heterocycles. The molecule has 0 bridgehead atoms. The van der Waals surface area contributed by atoms with Gasteiger partial charge in [-0.05, 0) is 73.6 Å². The number of nitrogens with one attached hydrogen (secondary N) is 2. The molecule has 1 fully saturated rings. The Hall–Kier alpha value is -2.68. The zero-order chi connectivity index (χ0) is 22.8. The molecule has 33 heavy (non-hydrogen) atoms.